The highest BCUT2D eigenvalue weighted by Crippen LogP contribution is 2.24. The van der Waals surface area contributed by atoms with Crippen molar-refractivity contribution in [2.75, 3.05) is 45.3 Å². The molecule has 1 aliphatic rings. The van der Waals surface area contributed by atoms with Gasteiger partial charge in [0.15, 0.2) is 0 Å². The van der Waals surface area contributed by atoms with Crippen LogP contribution >= 0.6 is 0 Å². The lowest BCUT2D eigenvalue weighted by molar-refractivity contribution is -0.138. The maximum Gasteiger partial charge on any atom is 0.224 e. The van der Waals surface area contributed by atoms with E-state index in [9.17, 15) is 4.79 Å². The number of benzene rings is 1. The van der Waals surface area contributed by atoms with Gasteiger partial charge in [-0.1, -0.05) is 6.07 Å². The minimum atomic E-state index is -0.233. The van der Waals surface area contributed by atoms with E-state index in [2.05, 4.69) is 10.00 Å². The molecule has 1 amide bonds. The van der Waals surface area contributed by atoms with Crippen molar-refractivity contribution >= 4 is 11.6 Å². The zero-order valence-electron chi connectivity index (χ0n) is 18.8. The van der Waals surface area contributed by atoms with E-state index in [0.717, 1.165) is 28.4 Å². The second kappa shape index (κ2) is 9.82. The third-order valence-corrected chi connectivity index (χ3v) is 5.69. The molecule has 168 valence electrons. The standard InChI is InChI=1S/C24H29N5O3/c1-27(19-7-9-20(31-3)10-8-19)12-11-24(30)29-13-14-32-23(17-29)22-6-4-5-21(26-22)18-15-25-28(2)16-18/h4-10,15-16,23H,11-14,17H2,1-3H3/t23-/m1/s1. The Balaban J connectivity index is 1.35. The van der Waals surface area contributed by atoms with Crippen LogP contribution in [0.15, 0.2) is 54.9 Å². The Kier molecular flexibility index (Phi) is 6.70. The summed E-state index contributed by atoms with van der Waals surface area (Å²) in [6.45, 7) is 2.25. The lowest BCUT2D eigenvalue weighted by atomic mass is 10.1. The molecule has 1 fully saturated rings. The molecule has 3 heterocycles. The fourth-order valence-corrected chi connectivity index (χ4v) is 3.79. The fraction of sp³-hybridized carbons (Fsp3) is 0.375. The SMILES string of the molecule is COc1ccc(N(C)CCC(=O)N2CCO[C@@H](c3cccc(-c4cnn(C)c4)n3)C2)cc1. The van der Waals surface area contributed by atoms with Gasteiger partial charge in [0.05, 0.1) is 37.8 Å². The van der Waals surface area contributed by atoms with Gasteiger partial charge in [-0.05, 0) is 36.4 Å². The van der Waals surface area contributed by atoms with Gasteiger partial charge < -0.3 is 19.3 Å². The molecule has 1 aliphatic heterocycles. The molecule has 8 heteroatoms. The summed E-state index contributed by atoms with van der Waals surface area (Å²) < 4.78 is 12.9. The Morgan fingerprint density at radius 3 is 2.78 bits per heavy atom. The number of methoxy groups -OCH3 is 1. The first-order chi connectivity index (χ1) is 15.5. The van der Waals surface area contributed by atoms with Crippen molar-refractivity contribution in [2.45, 2.75) is 12.5 Å². The Hall–Kier alpha value is -3.39. The van der Waals surface area contributed by atoms with Crippen molar-refractivity contribution in [1.82, 2.24) is 19.7 Å². The van der Waals surface area contributed by atoms with E-state index in [1.165, 1.54) is 0 Å². The fourth-order valence-electron chi connectivity index (χ4n) is 3.79. The quantitative estimate of drug-likeness (QED) is 0.568. The van der Waals surface area contributed by atoms with E-state index in [1.54, 1.807) is 18.0 Å². The predicted molar refractivity (Wildman–Crippen MR) is 123 cm³/mol. The smallest absolute Gasteiger partial charge is 0.224 e. The van der Waals surface area contributed by atoms with Gasteiger partial charge in [-0.2, -0.15) is 5.10 Å². The van der Waals surface area contributed by atoms with Crippen LogP contribution in [0.2, 0.25) is 0 Å². The molecule has 1 aromatic carbocycles. The molecule has 8 nitrogen and oxygen atoms in total. The lowest BCUT2D eigenvalue weighted by Gasteiger charge is -2.33. The summed E-state index contributed by atoms with van der Waals surface area (Å²) >= 11 is 0. The second-order valence-corrected chi connectivity index (χ2v) is 7.92. The minimum Gasteiger partial charge on any atom is -0.497 e. The molecule has 0 spiro atoms. The van der Waals surface area contributed by atoms with E-state index in [1.807, 2.05) is 67.7 Å². The summed E-state index contributed by atoms with van der Waals surface area (Å²) in [4.78, 5) is 21.6. The first kappa shape index (κ1) is 21.8. The molecule has 1 saturated heterocycles. The van der Waals surface area contributed by atoms with Gasteiger partial charge in [0, 0.05) is 51.1 Å². The van der Waals surface area contributed by atoms with Crippen molar-refractivity contribution < 1.29 is 14.3 Å². The first-order valence-corrected chi connectivity index (χ1v) is 10.7. The zero-order valence-corrected chi connectivity index (χ0v) is 18.8. The first-order valence-electron chi connectivity index (χ1n) is 10.7. The highest BCUT2D eigenvalue weighted by molar-refractivity contribution is 5.77. The summed E-state index contributed by atoms with van der Waals surface area (Å²) in [7, 11) is 5.52. The van der Waals surface area contributed by atoms with Crippen LogP contribution in [-0.2, 0) is 16.6 Å². The number of aromatic nitrogens is 3. The second-order valence-electron chi connectivity index (χ2n) is 7.92. The Morgan fingerprint density at radius 2 is 2.06 bits per heavy atom. The van der Waals surface area contributed by atoms with Crippen LogP contribution in [0.3, 0.4) is 0 Å². The molecule has 3 aromatic rings. The predicted octanol–water partition coefficient (Wildman–Crippen LogP) is 2.92. The van der Waals surface area contributed by atoms with Crippen molar-refractivity contribution in [3.63, 3.8) is 0 Å². The number of anilines is 1. The largest absolute Gasteiger partial charge is 0.497 e. The number of carbonyl (C=O) groups excluding carboxylic acids is 1. The van der Waals surface area contributed by atoms with Gasteiger partial charge in [-0.15, -0.1) is 0 Å². The van der Waals surface area contributed by atoms with E-state index in [0.29, 0.717) is 32.7 Å². The summed E-state index contributed by atoms with van der Waals surface area (Å²) in [5.41, 5.74) is 3.69. The third kappa shape index (κ3) is 5.08. The normalized spacial score (nSPS) is 16.1. The van der Waals surface area contributed by atoms with E-state index < -0.39 is 0 Å². The minimum absolute atomic E-state index is 0.127. The molecule has 0 aliphatic carbocycles. The summed E-state index contributed by atoms with van der Waals surface area (Å²) in [5.74, 6) is 0.945. The van der Waals surface area contributed by atoms with Crippen LogP contribution < -0.4 is 9.64 Å². The van der Waals surface area contributed by atoms with Crippen LogP contribution in [0.1, 0.15) is 18.2 Å². The number of hydrogen-bond acceptors (Lipinski definition) is 6. The molecule has 0 bridgehead atoms. The number of nitrogens with zero attached hydrogens (tertiary/aromatic N) is 5. The Bertz CT molecular complexity index is 1050. The van der Waals surface area contributed by atoms with Crippen LogP contribution in [0, 0.1) is 0 Å². The Labute approximate surface area is 188 Å². The van der Waals surface area contributed by atoms with Gasteiger partial charge in [-0.3, -0.25) is 9.48 Å². The van der Waals surface area contributed by atoms with Gasteiger partial charge in [0.2, 0.25) is 5.91 Å². The van der Waals surface area contributed by atoms with Gasteiger partial charge in [0.25, 0.3) is 0 Å². The van der Waals surface area contributed by atoms with Crippen LogP contribution in [-0.4, -0.2) is 66.0 Å². The highest BCUT2D eigenvalue weighted by atomic mass is 16.5. The molecule has 0 unspecified atom stereocenters. The number of carbonyl (C=O) groups is 1. The third-order valence-electron chi connectivity index (χ3n) is 5.69. The van der Waals surface area contributed by atoms with Gasteiger partial charge in [0.1, 0.15) is 11.9 Å². The van der Waals surface area contributed by atoms with Crippen molar-refractivity contribution in [2.24, 2.45) is 7.05 Å². The average molecular weight is 436 g/mol. The number of morpholine rings is 1. The van der Waals surface area contributed by atoms with Gasteiger partial charge >= 0.3 is 0 Å². The highest BCUT2D eigenvalue weighted by Gasteiger charge is 2.26. The number of aryl methyl sites for hydroxylation is 1. The van der Waals surface area contributed by atoms with E-state index in [-0.39, 0.29) is 12.0 Å². The molecule has 1 atom stereocenters. The maximum atomic E-state index is 12.9. The molecular weight excluding hydrogens is 406 g/mol. The number of ether oxygens (including phenoxy) is 2. The molecule has 4 rings (SSSR count). The summed E-state index contributed by atoms with van der Waals surface area (Å²) in [6.07, 6.45) is 3.94. The van der Waals surface area contributed by atoms with Crippen molar-refractivity contribution in [1.29, 1.82) is 0 Å². The summed E-state index contributed by atoms with van der Waals surface area (Å²) in [6, 6.07) is 13.7. The molecular formula is C24H29N5O3. The molecule has 0 N–H and O–H groups in total. The van der Waals surface area contributed by atoms with Crippen LogP contribution in [0.25, 0.3) is 11.3 Å². The van der Waals surface area contributed by atoms with E-state index in [4.69, 9.17) is 14.5 Å². The summed E-state index contributed by atoms with van der Waals surface area (Å²) in [5, 5.41) is 4.22. The van der Waals surface area contributed by atoms with Crippen LogP contribution in [0.5, 0.6) is 5.75 Å². The molecule has 0 saturated carbocycles. The topological polar surface area (TPSA) is 72.7 Å². The monoisotopic (exact) mass is 435 g/mol. The molecule has 2 aromatic heterocycles. The zero-order chi connectivity index (χ0) is 22.5. The van der Waals surface area contributed by atoms with Crippen molar-refractivity contribution in [3.8, 4) is 17.0 Å². The molecule has 32 heavy (non-hydrogen) atoms. The number of rotatable bonds is 7. The average Bonchev–Trinajstić information content (AvgIpc) is 3.29. The number of amides is 1. The maximum absolute atomic E-state index is 12.9. The Morgan fingerprint density at radius 1 is 1.25 bits per heavy atom. The van der Waals surface area contributed by atoms with Crippen molar-refractivity contribution in [3.05, 3.63) is 60.6 Å². The van der Waals surface area contributed by atoms with Crippen LogP contribution in [0.4, 0.5) is 5.69 Å². The number of hydrogen-bond donors (Lipinski definition) is 0. The van der Waals surface area contributed by atoms with Gasteiger partial charge in [-0.25, -0.2) is 4.98 Å². The number of pyridine rings is 1. The lowest BCUT2D eigenvalue weighted by Crippen LogP contribution is -2.43. The van der Waals surface area contributed by atoms with E-state index >= 15 is 0 Å². The molecule has 0 radical (unpaired) electrons.